The molecule has 1 aromatic heterocycles. The van der Waals surface area contributed by atoms with Gasteiger partial charge in [-0.3, -0.25) is 14.6 Å². The minimum atomic E-state index is -0.241. The molecule has 0 saturated heterocycles. The highest BCUT2D eigenvalue weighted by Gasteiger charge is 2.37. The number of nitrogens with zero attached hydrogens (tertiary/aromatic N) is 2. The third-order valence-corrected chi connectivity index (χ3v) is 7.36. The van der Waals surface area contributed by atoms with Gasteiger partial charge in [0.2, 0.25) is 0 Å². The Balaban J connectivity index is 1.40. The van der Waals surface area contributed by atoms with Crippen molar-refractivity contribution in [3.8, 4) is 0 Å². The second kappa shape index (κ2) is 9.92. The van der Waals surface area contributed by atoms with Crippen molar-refractivity contribution in [3.05, 3.63) is 94.1 Å². The highest BCUT2D eigenvalue weighted by molar-refractivity contribution is 6.25. The average Bonchev–Trinajstić information content (AvgIpc) is 3.27. The number of aryl methyl sites for hydroxylation is 2. The van der Waals surface area contributed by atoms with Crippen LogP contribution >= 0.6 is 0 Å². The molecule has 2 aromatic carbocycles. The summed E-state index contributed by atoms with van der Waals surface area (Å²) in [5.41, 5.74) is 4.65. The summed E-state index contributed by atoms with van der Waals surface area (Å²) in [5.74, 6) is 0.571. The quantitative estimate of drug-likeness (QED) is 0.310. The molecule has 190 valence electrons. The topological polar surface area (TPSA) is 92.8 Å². The Bertz CT molecular complexity index is 1410. The predicted octanol–water partition coefficient (Wildman–Crippen LogP) is 6.80. The minimum absolute atomic E-state index is 0.00463. The molecule has 2 aliphatic carbocycles. The van der Waals surface area contributed by atoms with Crippen LogP contribution in [0.4, 0.5) is 5.69 Å². The van der Waals surface area contributed by atoms with Crippen molar-refractivity contribution in [1.82, 2.24) is 5.16 Å². The number of aliphatic imine (C=N–C) groups is 1. The number of aliphatic hydroxyl groups excluding tert-OH is 1. The number of aliphatic hydroxyl groups is 1. The normalized spacial score (nSPS) is 21.7. The van der Waals surface area contributed by atoms with Crippen molar-refractivity contribution < 1.29 is 19.2 Å². The number of carbonyl (C=O) groups excluding carboxylic acids is 2. The van der Waals surface area contributed by atoms with E-state index in [4.69, 9.17) is 9.52 Å². The standard InChI is InChI=1S/C31H32N2O4/c1-19-9-7-8-12-22(19)32-24-17-31(2,3)18-27(36)29(24)25(34)14-13-23-30-26(35)15-21(16-28(30)37-33-23)20-10-5-4-6-11-20/h4-12,21,34H,13-18H2,1-3H3/b29-25+,32-24?. The van der Waals surface area contributed by atoms with Crippen LogP contribution in [0.5, 0.6) is 0 Å². The largest absolute Gasteiger partial charge is 0.511 e. The molecule has 0 radical (unpaired) electrons. The van der Waals surface area contributed by atoms with Gasteiger partial charge < -0.3 is 9.63 Å². The van der Waals surface area contributed by atoms with Gasteiger partial charge in [0, 0.05) is 32.1 Å². The Morgan fingerprint density at radius 1 is 1.03 bits per heavy atom. The molecule has 37 heavy (non-hydrogen) atoms. The minimum Gasteiger partial charge on any atom is -0.511 e. The SMILES string of the molecule is Cc1ccccc1N=C1CC(C)(C)CC(=O)/C1=C(/O)CCc1noc2c1C(=O)CC(c1ccccc1)C2. The molecule has 1 fully saturated rings. The van der Waals surface area contributed by atoms with Crippen LogP contribution in [0.3, 0.4) is 0 Å². The molecule has 1 unspecified atom stereocenters. The number of hydrogen-bond acceptors (Lipinski definition) is 6. The van der Waals surface area contributed by atoms with Crippen LogP contribution < -0.4 is 0 Å². The van der Waals surface area contributed by atoms with E-state index in [0.717, 1.165) is 16.8 Å². The summed E-state index contributed by atoms with van der Waals surface area (Å²) < 4.78 is 5.59. The van der Waals surface area contributed by atoms with E-state index in [1.54, 1.807) is 0 Å². The molecule has 1 N–H and O–H groups in total. The molecule has 0 spiro atoms. The zero-order valence-electron chi connectivity index (χ0n) is 21.6. The lowest BCUT2D eigenvalue weighted by Crippen LogP contribution is -2.32. The van der Waals surface area contributed by atoms with Crippen molar-refractivity contribution in [1.29, 1.82) is 0 Å². The Morgan fingerprint density at radius 2 is 1.76 bits per heavy atom. The third kappa shape index (κ3) is 5.19. The number of allylic oxidation sites excluding steroid dienone is 2. The van der Waals surface area contributed by atoms with E-state index >= 15 is 0 Å². The van der Waals surface area contributed by atoms with Gasteiger partial charge in [0.25, 0.3) is 0 Å². The third-order valence-electron chi connectivity index (χ3n) is 7.36. The summed E-state index contributed by atoms with van der Waals surface area (Å²) in [5, 5.41) is 15.3. The van der Waals surface area contributed by atoms with Gasteiger partial charge in [-0.05, 0) is 41.9 Å². The Morgan fingerprint density at radius 3 is 2.51 bits per heavy atom. The first-order chi connectivity index (χ1) is 17.7. The maximum absolute atomic E-state index is 13.2. The smallest absolute Gasteiger partial charge is 0.168 e. The molecule has 1 atom stereocenters. The van der Waals surface area contributed by atoms with Crippen LogP contribution in [0.1, 0.15) is 78.4 Å². The second-order valence-electron chi connectivity index (χ2n) is 11.0. The fourth-order valence-corrected chi connectivity index (χ4v) is 5.48. The monoisotopic (exact) mass is 496 g/mol. The van der Waals surface area contributed by atoms with Crippen molar-refractivity contribution in [2.45, 2.75) is 65.2 Å². The van der Waals surface area contributed by atoms with Crippen LogP contribution in [0.15, 0.2) is 75.4 Å². The first-order valence-electron chi connectivity index (χ1n) is 12.9. The van der Waals surface area contributed by atoms with E-state index in [2.05, 4.69) is 5.16 Å². The van der Waals surface area contributed by atoms with E-state index in [9.17, 15) is 14.7 Å². The van der Waals surface area contributed by atoms with E-state index in [-0.39, 0.29) is 35.1 Å². The van der Waals surface area contributed by atoms with Gasteiger partial charge in [0.05, 0.1) is 28.2 Å². The number of hydrogen-bond donors (Lipinski definition) is 1. The Hall–Kier alpha value is -3.80. The number of fused-ring (bicyclic) bond motifs is 1. The van der Waals surface area contributed by atoms with E-state index in [0.29, 0.717) is 60.4 Å². The highest BCUT2D eigenvalue weighted by atomic mass is 16.5. The summed E-state index contributed by atoms with van der Waals surface area (Å²) in [4.78, 5) is 31.0. The van der Waals surface area contributed by atoms with E-state index in [1.807, 2.05) is 75.4 Å². The number of carbonyl (C=O) groups is 2. The van der Waals surface area contributed by atoms with Crippen LogP contribution in [0, 0.1) is 12.3 Å². The van der Waals surface area contributed by atoms with Gasteiger partial charge in [-0.2, -0.15) is 0 Å². The Labute approximate surface area is 217 Å². The second-order valence-corrected chi connectivity index (χ2v) is 11.0. The summed E-state index contributed by atoms with van der Waals surface area (Å²) >= 11 is 0. The highest BCUT2D eigenvalue weighted by Crippen LogP contribution is 2.38. The van der Waals surface area contributed by atoms with Gasteiger partial charge in [0.1, 0.15) is 11.5 Å². The summed E-state index contributed by atoms with van der Waals surface area (Å²) in [6.45, 7) is 6.07. The van der Waals surface area contributed by atoms with Crippen LogP contribution in [0.2, 0.25) is 0 Å². The molecule has 1 heterocycles. The van der Waals surface area contributed by atoms with Crippen molar-refractivity contribution >= 4 is 23.0 Å². The van der Waals surface area contributed by atoms with Crippen molar-refractivity contribution in [3.63, 3.8) is 0 Å². The lowest BCUT2D eigenvalue weighted by Gasteiger charge is -2.31. The molecule has 0 bridgehead atoms. The zero-order valence-corrected chi connectivity index (χ0v) is 21.6. The van der Waals surface area contributed by atoms with E-state index in [1.165, 1.54) is 0 Å². The number of para-hydroxylation sites is 1. The number of rotatable bonds is 5. The number of aromatic nitrogens is 1. The number of benzene rings is 2. The summed E-state index contributed by atoms with van der Waals surface area (Å²) in [6.07, 6.45) is 2.45. The number of Topliss-reactive ketones (excluding diaryl/α,β-unsaturated/α-hetero) is 2. The maximum atomic E-state index is 13.2. The molecule has 0 amide bonds. The molecule has 3 aromatic rings. The van der Waals surface area contributed by atoms with Crippen LogP contribution in [-0.4, -0.2) is 27.5 Å². The molecule has 1 saturated carbocycles. The first-order valence-corrected chi connectivity index (χ1v) is 12.9. The zero-order chi connectivity index (χ0) is 26.2. The molecule has 5 rings (SSSR count). The van der Waals surface area contributed by atoms with Crippen molar-refractivity contribution in [2.75, 3.05) is 0 Å². The lowest BCUT2D eigenvalue weighted by molar-refractivity contribution is -0.117. The summed E-state index contributed by atoms with van der Waals surface area (Å²) in [7, 11) is 0. The van der Waals surface area contributed by atoms with Crippen molar-refractivity contribution in [2.24, 2.45) is 10.4 Å². The fraction of sp³-hybridized carbons (Fsp3) is 0.355. The van der Waals surface area contributed by atoms with Crippen LogP contribution in [0.25, 0.3) is 0 Å². The maximum Gasteiger partial charge on any atom is 0.168 e. The molecule has 6 nitrogen and oxygen atoms in total. The lowest BCUT2D eigenvalue weighted by atomic mass is 9.73. The van der Waals surface area contributed by atoms with Gasteiger partial charge in [-0.25, -0.2) is 0 Å². The molecule has 6 heteroatoms. The summed E-state index contributed by atoms with van der Waals surface area (Å²) in [6, 6.07) is 17.7. The molecule has 0 aliphatic heterocycles. The average molecular weight is 497 g/mol. The number of ketones is 2. The van der Waals surface area contributed by atoms with Gasteiger partial charge >= 0.3 is 0 Å². The molecular formula is C31H32N2O4. The Kier molecular flexibility index (Phi) is 6.67. The van der Waals surface area contributed by atoms with Crippen LogP contribution in [-0.2, 0) is 17.6 Å². The fourth-order valence-electron chi connectivity index (χ4n) is 5.48. The van der Waals surface area contributed by atoms with Gasteiger partial charge in [-0.1, -0.05) is 67.5 Å². The molecule has 2 aliphatic rings. The van der Waals surface area contributed by atoms with Gasteiger partial charge in [0.15, 0.2) is 11.6 Å². The van der Waals surface area contributed by atoms with Gasteiger partial charge in [-0.15, -0.1) is 0 Å². The first kappa shape index (κ1) is 24.9. The predicted molar refractivity (Wildman–Crippen MR) is 143 cm³/mol. The molecular weight excluding hydrogens is 464 g/mol. The van der Waals surface area contributed by atoms with E-state index < -0.39 is 0 Å².